The molecule has 0 spiro atoms. The molecule has 1 heterocycles. The number of benzene rings is 1. The van der Waals surface area contributed by atoms with Crippen molar-refractivity contribution >= 4 is 11.6 Å². The summed E-state index contributed by atoms with van der Waals surface area (Å²) in [5, 5.41) is 4.55. The van der Waals surface area contributed by atoms with E-state index in [1.807, 2.05) is 12.1 Å². The van der Waals surface area contributed by atoms with Gasteiger partial charge in [-0.15, -0.1) is 0 Å². The molecule has 1 fully saturated rings. The summed E-state index contributed by atoms with van der Waals surface area (Å²) in [6, 6.07) is 8.97. The fraction of sp³-hybridized carbons (Fsp3) is 0.647. The Morgan fingerprint density at radius 2 is 1.95 bits per heavy atom. The standard InChI is InChI=1S/C17H27ClN2/c1-13(2)8-9-19-17-10-15(11-20(3)12-17)14-4-6-16(18)7-5-14/h4-7,13,15,17,19H,8-12H2,1-3H3. The topological polar surface area (TPSA) is 15.3 Å². The predicted molar refractivity (Wildman–Crippen MR) is 87.6 cm³/mol. The maximum Gasteiger partial charge on any atom is 0.0406 e. The molecule has 2 rings (SSSR count). The molecule has 1 aliphatic heterocycles. The molecule has 0 saturated carbocycles. The van der Waals surface area contributed by atoms with Gasteiger partial charge >= 0.3 is 0 Å². The van der Waals surface area contributed by atoms with Gasteiger partial charge in [-0.1, -0.05) is 37.6 Å². The van der Waals surface area contributed by atoms with Crippen LogP contribution in [0.2, 0.25) is 5.02 Å². The molecule has 3 heteroatoms. The Hall–Kier alpha value is -0.570. The van der Waals surface area contributed by atoms with E-state index in [0.717, 1.165) is 30.6 Å². The van der Waals surface area contributed by atoms with Crippen LogP contribution in [0, 0.1) is 5.92 Å². The lowest BCUT2D eigenvalue weighted by molar-refractivity contribution is 0.203. The van der Waals surface area contributed by atoms with E-state index >= 15 is 0 Å². The number of likely N-dealkylation sites (N-methyl/N-ethyl adjacent to an activating group) is 1. The van der Waals surface area contributed by atoms with Crippen molar-refractivity contribution in [3.05, 3.63) is 34.9 Å². The van der Waals surface area contributed by atoms with Gasteiger partial charge in [0.25, 0.3) is 0 Å². The lowest BCUT2D eigenvalue weighted by Gasteiger charge is -2.36. The zero-order valence-corrected chi connectivity index (χ0v) is 13.7. The van der Waals surface area contributed by atoms with Crippen LogP contribution in [0.25, 0.3) is 0 Å². The summed E-state index contributed by atoms with van der Waals surface area (Å²) in [6.45, 7) is 7.99. The molecular formula is C17H27ClN2. The molecule has 20 heavy (non-hydrogen) atoms. The highest BCUT2D eigenvalue weighted by Crippen LogP contribution is 2.27. The molecule has 0 aliphatic carbocycles. The first-order valence-electron chi connectivity index (χ1n) is 7.72. The van der Waals surface area contributed by atoms with Crippen molar-refractivity contribution in [1.29, 1.82) is 0 Å². The van der Waals surface area contributed by atoms with Gasteiger partial charge in [0.2, 0.25) is 0 Å². The monoisotopic (exact) mass is 294 g/mol. The third-order valence-corrected chi connectivity index (χ3v) is 4.38. The van der Waals surface area contributed by atoms with Crippen LogP contribution in [-0.4, -0.2) is 37.6 Å². The van der Waals surface area contributed by atoms with Crippen molar-refractivity contribution in [2.45, 2.75) is 38.6 Å². The van der Waals surface area contributed by atoms with E-state index in [1.165, 1.54) is 18.4 Å². The number of halogens is 1. The molecule has 0 bridgehead atoms. The third kappa shape index (κ3) is 4.76. The number of nitrogens with zero attached hydrogens (tertiary/aromatic N) is 1. The van der Waals surface area contributed by atoms with Crippen LogP contribution in [0.15, 0.2) is 24.3 Å². The van der Waals surface area contributed by atoms with E-state index in [4.69, 9.17) is 11.6 Å². The maximum atomic E-state index is 5.98. The number of hydrogen-bond acceptors (Lipinski definition) is 2. The summed E-state index contributed by atoms with van der Waals surface area (Å²) in [5.41, 5.74) is 1.41. The average Bonchev–Trinajstić information content (AvgIpc) is 2.38. The highest BCUT2D eigenvalue weighted by atomic mass is 35.5. The summed E-state index contributed by atoms with van der Waals surface area (Å²) in [4.78, 5) is 2.44. The number of likely N-dealkylation sites (tertiary alicyclic amines) is 1. The lowest BCUT2D eigenvalue weighted by Crippen LogP contribution is -2.47. The lowest BCUT2D eigenvalue weighted by atomic mass is 9.88. The summed E-state index contributed by atoms with van der Waals surface area (Å²) < 4.78 is 0. The number of nitrogens with one attached hydrogen (secondary N) is 1. The SMILES string of the molecule is CC(C)CCNC1CC(c2ccc(Cl)cc2)CN(C)C1. The number of rotatable bonds is 5. The van der Waals surface area contributed by atoms with Crippen molar-refractivity contribution in [2.75, 3.05) is 26.7 Å². The Kier molecular flexibility index (Phi) is 5.88. The molecule has 2 nitrogen and oxygen atoms in total. The molecule has 1 N–H and O–H groups in total. The Morgan fingerprint density at radius 1 is 1.25 bits per heavy atom. The van der Waals surface area contributed by atoms with Crippen LogP contribution < -0.4 is 5.32 Å². The van der Waals surface area contributed by atoms with Crippen LogP contribution in [0.4, 0.5) is 0 Å². The summed E-state index contributed by atoms with van der Waals surface area (Å²) in [6.07, 6.45) is 2.48. The van der Waals surface area contributed by atoms with Crippen molar-refractivity contribution in [3.8, 4) is 0 Å². The quantitative estimate of drug-likeness (QED) is 0.889. The first-order chi connectivity index (χ1) is 9.54. The second-order valence-corrected chi connectivity index (χ2v) is 6.98. The van der Waals surface area contributed by atoms with Gasteiger partial charge < -0.3 is 10.2 Å². The van der Waals surface area contributed by atoms with Crippen LogP contribution in [0.1, 0.15) is 38.2 Å². The van der Waals surface area contributed by atoms with Crippen molar-refractivity contribution in [1.82, 2.24) is 10.2 Å². The fourth-order valence-corrected chi connectivity index (χ4v) is 3.15. The van der Waals surface area contributed by atoms with E-state index < -0.39 is 0 Å². The minimum absolute atomic E-state index is 0.605. The molecular weight excluding hydrogens is 268 g/mol. The van der Waals surface area contributed by atoms with Gasteiger partial charge in [0.15, 0.2) is 0 Å². The smallest absolute Gasteiger partial charge is 0.0406 e. The predicted octanol–water partition coefficient (Wildman–Crippen LogP) is 3.76. The van der Waals surface area contributed by atoms with E-state index in [9.17, 15) is 0 Å². The number of hydrogen-bond donors (Lipinski definition) is 1. The van der Waals surface area contributed by atoms with Crippen LogP contribution in [0.3, 0.4) is 0 Å². The highest BCUT2D eigenvalue weighted by Gasteiger charge is 2.25. The van der Waals surface area contributed by atoms with Gasteiger partial charge in [0.05, 0.1) is 0 Å². The van der Waals surface area contributed by atoms with E-state index in [1.54, 1.807) is 0 Å². The van der Waals surface area contributed by atoms with E-state index in [0.29, 0.717) is 12.0 Å². The minimum Gasteiger partial charge on any atom is -0.313 e. The molecule has 1 aliphatic rings. The Morgan fingerprint density at radius 3 is 2.60 bits per heavy atom. The van der Waals surface area contributed by atoms with Gasteiger partial charge in [0, 0.05) is 24.2 Å². The second kappa shape index (κ2) is 7.44. The van der Waals surface area contributed by atoms with Gasteiger partial charge in [-0.05, 0) is 56.0 Å². The Labute approximate surface area is 128 Å². The van der Waals surface area contributed by atoms with E-state index in [2.05, 4.69) is 43.2 Å². The van der Waals surface area contributed by atoms with Gasteiger partial charge in [0.1, 0.15) is 0 Å². The first kappa shape index (κ1) is 15.8. The van der Waals surface area contributed by atoms with Crippen molar-refractivity contribution in [3.63, 3.8) is 0 Å². The Balaban J connectivity index is 1.92. The van der Waals surface area contributed by atoms with Crippen molar-refractivity contribution < 1.29 is 0 Å². The molecule has 0 aromatic heterocycles. The highest BCUT2D eigenvalue weighted by molar-refractivity contribution is 6.30. The molecule has 1 aromatic rings. The molecule has 0 amide bonds. The second-order valence-electron chi connectivity index (χ2n) is 6.54. The third-order valence-electron chi connectivity index (χ3n) is 4.13. The van der Waals surface area contributed by atoms with Crippen LogP contribution in [0.5, 0.6) is 0 Å². The Bertz CT molecular complexity index is 402. The zero-order chi connectivity index (χ0) is 14.5. The normalized spacial score (nSPS) is 24.2. The molecule has 1 saturated heterocycles. The molecule has 2 unspecified atom stereocenters. The molecule has 2 atom stereocenters. The van der Waals surface area contributed by atoms with Gasteiger partial charge in [-0.2, -0.15) is 0 Å². The van der Waals surface area contributed by atoms with E-state index in [-0.39, 0.29) is 0 Å². The summed E-state index contributed by atoms with van der Waals surface area (Å²) >= 11 is 5.98. The van der Waals surface area contributed by atoms with Crippen LogP contribution in [-0.2, 0) is 0 Å². The molecule has 112 valence electrons. The van der Waals surface area contributed by atoms with Gasteiger partial charge in [-0.25, -0.2) is 0 Å². The summed E-state index contributed by atoms with van der Waals surface area (Å²) in [5.74, 6) is 1.39. The van der Waals surface area contributed by atoms with Gasteiger partial charge in [-0.3, -0.25) is 0 Å². The zero-order valence-electron chi connectivity index (χ0n) is 12.9. The number of piperidine rings is 1. The maximum absolute atomic E-state index is 5.98. The fourth-order valence-electron chi connectivity index (χ4n) is 3.02. The average molecular weight is 295 g/mol. The first-order valence-corrected chi connectivity index (χ1v) is 8.09. The summed E-state index contributed by atoms with van der Waals surface area (Å²) in [7, 11) is 2.22. The molecule has 1 aromatic carbocycles. The van der Waals surface area contributed by atoms with Crippen LogP contribution >= 0.6 is 11.6 Å². The minimum atomic E-state index is 0.605. The largest absolute Gasteiger partial charge is 0.313 e. The molecule has 0 radical (unpaired) electrons. The van der Waals surface area contributed by atoms with Crippen molar-refractivity contribution in [2.24, 2.45) is 5.92 Å².